The van der Waals surface area contributed by atoms with Gasteiger partial charge in [0.15, 0.2) is 0 Å². The van der Waals surface area contributed by atoms with Gasteiger partial charge in [-0.3, -0.25) is 0 Å². The van der Waals surface area contributed by atoms with Crippen LogP contribution >= 0.6 is 23.2 Å². The van der Waals surface area contributed by atoms with Crippen LogP contribution in [0.3, 0.4) is 0 Å². The molecular formula is C15H17BCl2N2O2. The summed E-state index contributed by atoms with van der Waals surface area (Å²) in [5.41, 5.74) is 0.953. The van der Waals surface area contributed by atoms with E-state index in [1.165, 1.54) is 0 Å². The normalized spacial score (nSPS) is 19.6. The average molecular weight is 339 g/mol. The van der Waals surface area contributed by atoms with Crippen molar-refractivity contribution in [3.63, 3.8) is 0 Å². The highest BCUT2D eigenvalue weighted by atomic mass is 35.5. The van der Waals surface area contributed by atoms with E-state index in [1.54, 1.807) is 23.0 Å². The second-order valence-electron chi connectivity index (χ2n) is 6.40. The Hall–Kier alpha value is -1.01. The van der Waals surface area contributed by atoms with Crippen LogP contribution < -0.4 is 5.46 Å². The monoisotopic (exact) mass is 338 g/mol. The fourth-order valence-electron chi connectivity index (χ4n) is 2.21. The molecule has 0 atom stereocenters. The van der Waals surface area contributed by atoms with E-state index in [4.69, 9.17) is 32.5 Å². The van der Waals surface area contributed by atoms with Crippen LogP contribution in [0.25, 0.3) is 5.69 Å². The number of nitrogens with zero attached hydrogens (tertiary/aromatic N) is 2. The van der Waals surface area contributed by atoms with Gasteiger partial charge in [0.1, 0.15) is 0 Å². The van der Waals surface area contributed by atoms with Gasteiger partial charge in [0.2, 0.25) is 0 Å². The minimum atomic E-state index is -0.429. The first-order valence-corrected chi connectivity index (χ1v) is 7.81. The van der Waals surface area contributed by atoms with E-state index in [9.17, 15) is 0 Å². The largest absolute Gasteiger partial charge is 0.498 e. The van der Waals surface area contributed by atoms with Crippen LogP contribution in [0.15, 0.2) is 30.6 Å². The van der Waals surface area contributed by atoms with E-state index in [1.807, 2.05) is 40.0 Å². The van der Waals surface area contributed by atoms with Crippen molar-refractivity contribution in [1.82, 2.24) is 9.78 Å². The van der Waals surface area contributed by atoms with Crippen LogP contribution in [0, 0.1) is 0 Å². The zero-order chi connectivity index (χ0) is 16.1. The zero-order valence-electron chi connectivity index (χ0n) is 12.9. The van der Waals surface area contributed by atoms with Crippen LogP contribution in [0.1, 0.15) is 27.7 Å². The third-order valence-electron chi connectivity index (χ3n) is 4.30. The highest BCUT2D eigenvalue weighted by Gasteiger charge is 2.52. The van der Waals surface area contributed by atoms with E-state index in [2.05, 4.69) is 5.10 Å². The van der Waals surface area contributed by atoms with Crippen molar-refractivity contribution in [1.29, 1.82) is 0 Å². The minimum absolute atomic E-state index is 0.372. The summed E-state index contributed by atoms with van der Waals surface area (Å²) in [4.78, 5) is 0. The highest BCUT2D eigenvalue weighted by Crippen LogP contribution is 2.36. The molecule has 0 saturated carbocycles. The second kappa shape index (κ2) is 5.27. The lowest BCUT2D eigenvalue weighted by molar-refractivity contribution is 0.00578. The van der Waals surface area contributed by atoms with Gasteiger partial charge in [-0.1, -0.05) is 23.2 Å². The molecule has 1 aromatic heterocycles. The van der Waals surface area contributed by atoms with Crippen molar-refractivity contribution in [2.75, 3.05) is 0 Å². The lowest BCUT2D eigenvalue weighted by atomic mass is 9.82. The molecule has 2 aromatic rings. The van der Waals surface area contributed by atoms with Crippen LogP contribution in [0.2, 0.25) is 10.0 Å². The van der Waals surface area contributed by atoms with Crippen molar-refractivity contribution in [3.8, 4) is 5.69 Å². The van der Waals surface area contributed by atoms with Gasteiger partial charge in [-0.15, -0.1) is 0 Å². The van der Waals surface area contributed by atoms with Gasteiger partial charge in [0.25, 0.3) is 0 Å². The summed E-state index contributed by atoms with van der Waals surface area (Å²) in [6.45, 7) is 8.10. The Labute approximate surface area is 140 Å². The molecule has 2 heterocycles. The predicted octanol–water partition coefficient (Wildman–Crippen LogP) is 3.48. The van der Waals surface area contributed by atoms with E-state index >= 15 is 0 Å². The second-order valence-corrected chi connectivity index (χ2v) is 7.22. The molecule has 0 aliphatic carbocycles. The molecule has 0 amide bonds. The first-order chi connectivity index (χ1) is 10.2. The quantitative estimate of drug-likeness (QED) is 0.786. The molecule has 1 fully saturated rings. The summed E-state index contributed by atoms with van der Waals surface area (Å²) in [7, 11) is -0.429. The lowest BCUT2D eigenvalue weighted by Gasteiger charge is -2.32. The van der Waals surface area contributed by atoms with Gasteiger partial charge in [-0.2, -0.15) is 5.10 Å². The summed E-state index contributed by atoms with van der Waals surface area (Å²) >= 11 is 12.0. The number of hydrogen-bond donors (Lipinski definition) is 0. The summed E-state index contributed by atoms with van der Waals surface area (Å²) in [6, 6.07) is 5.37. The number of rotatable bonds is 2. The van der Waals surface area contributed by atoms with Crippen LogP contribution in [0.4, 0.5) is 0 Å². The van der Waals surface area contributed by atoms with Crippen molar-refractivity contribution < 1.29 is 9.31 Å². The Morgan fingerprint density at radius 1 is 1.05 bits per heavy atom. The van der Waals surface area contributed by atoms with Gasteiger partial charge in [-0.25, -0.2) is 4.68 Å². The highest BCUT2D eigenvalue weighted by molar-refractivity contribution is 6.62. The first kappa shape index (κ1) is 15.9. The van der Waals surface area contributed by atoms with Crippen LogP contribution in [-0.4, -0.2) is 28.1 Å². The summed E-state index contributed by atoms with van der Waals surface area (Å²) < 4.78 is 13.8. The predicted molar refractivity (Wildman–Crippen MR) is 89.3 cm³/mol. The molecule has 4 nitrogen and oxygen atoms in total. The van der Waals surface area contributed by atoms with Crippen molar-refractivity contribution in [3.05, 3.63) is 40.6 Å². The maximum Gasteiger partial charge on any atom is 0.498 e. The molecule has 1 saturated heterocycles. The lowest BCUT2D eigenvalue weighted by Crippen LogP contribution is -2.41. The molecule has 3 rings (SSSR count). The van der Waals surface area contributed by atoms with Crippen LogP contribution in [0.5, 0.6) is 0 Å². The Morgan fingerprint density at radius 3 is 2.27 bits per heavy atom. The molecule has 0 unspecified atom stereocenters. The standard InChI is InChI=1S/C15H17BCl2N2O2/c1-14(2)15(3,4)22-16(21-14)10-8-19-20(9-10)11-5-6-12(17)13(18)7-11/h5-9H,1-4H3. The molecule has 116 valence electrons. The van der Waals surface area contributed by atoms with Gasteiger partial charge in [0, 0.05) is 17.9 Å². The molecule has 0 N–H and O–H groups in total. The van der Waals surface area contributed by atoms with Crippen LogP contribution in [-0.2, 0) is 9.31 Å². The molecule has 1 aromatic carbocycles. The number of aromatic nitrogens is 2. The molecule has 0 radical (unpaired) electrons. The van der Waals surface area contributed by atoms with E-state index < -0.39 is 7.12 Å². The third-order valence-corrected chi connectivity index (χ3v) is 5.03. The van der Waals surface area contributed by atoms with E-state index in [0.717, 1.165) is 11.2 Å². The maximum atomic E-state index is 6.05. The topological polar surface area (TPSA) is 36.3 Å². The van der Waals surface area contributed by atoms with E-state index in [0.29, 0.717) is 10.0 Å². The number of halogens is 2. The average Bonchev–Trinajstić information content (AvgIpc) is 2.97. The molecule has 7 heteroatoms. The van der Waals surface area contributed by atoms with Gasteiger partial charge in [0.05, 0.1) is 26.9 Å². The Bertz CT molecular complexity index is 699. The zero-order valence-corrected chi connectivity index (χ0v) is 14.4. The first-order valence-electron chi connectivity index (χ1n) is 7.05. The van der Waals surface area contributed by atoms with Crippen molar-refractivity contribution in [2.45, 2.75) is 38.9 Å². The molecular weight excluding hydrogens is 322 g/mol. The van der Waals surface area contributed by atoms with Gasteiger partial charge in [-0.05, 0) is 45.9 Å². The van der Waals surface area contributed by atoms with Gasteiger partial charge >= 0.3 is 7.12 Å². The summed E-state index contributed by atoms with van der Waals surface area (Å²) in [5.74, 6) is 0. The summed E-state index contributed by atoms with van der Waals surface area (Å²) in [6.07, 6.45) is 3.62. The fourth-order valence-corrected chi connectivity index (χ4v) is 2.50. The SMILES string of the molecule is CC1(C)OB(c2cnn(-c3ccc(Cl)c(Cl)c3)c2)OC1(C)C. The number of benzene rings is 1. The third kappa shape index (κ3) is 2.67. The van der Waals surface area contributed by atoms with Gasteiger partial charge < -0.3 is 9.31 Å². The molecule has 1 aliphatic rings. The van der Waals surface area contributed by atoms with Crippen molar-refractivity contribution in [2.24, 2.45) is 0 Å². The van der Waals surface area contributed by atoms with E-state index in [-0.39, 0.29) is 11.2 Å². The number of hydrogen-bond acceptors (Lipinski definition) is 3. The molecule has 0 bridgehead atoms. The van der Waals surface area contributed by atoms with Crippen molar-refractivity contribution >= 4 is 35.8 Å². The Balaban J connectivity index is 1.87. The fraction of sp³-hybridized carbons (Fsp3) is 0.400. The maximum absolute atomic E-state index is 6.05. The smallest absolute Gasteiger partial charge is 0.399 e. The Morgan fingerprint density at radius 2 is 1.68 bits per heavy atom. The molecule has 1 aliphatic heterocycles. The Kier molecular flexibility index (Phi) is 3.80. The molecule has 0 spiro atoms. The summed E-state index contributed by atoms with van der Waals surface area (Å²) in [5, 5.41) is 5.36. The minimum Gasteiger partial charge on any atom is -0.399 e. The molecule has 22 heavy (non-hydrogen) atoms.